The van der Waals surface area contributed by atoms with Crippen LogP contribution in [0, 0.1) is 6.92 Å². The zero-order valence-electron chi connectivity index (χ0n) is 11.9. The van der Waals surface area contributed by atoms with Gasteiger partial charge in [-0.15, -0.1) is 0 Å². The van der Waals surface area contributed by atoms with Crippen molar-refractivity contribution in [3.8, 4) is 11.5 Å². The van der Waals surface area contributed by atoms with E-state index in [9.17, 15) is 0 Å². The number of ether oxygens (including phenoxy) is 1. The number of hydrogen-bond acceptors (Lipinski definition) is 2. The quantitative estimate of drug-likeness (QED) is 0.864. The molecule has 0 spiro atoms. The topological polar surface area (TPSA) is 35.2 Å². The van der Waals surface area contributed by atoms with Gasteiger partial charge in [0.2, 0.25) is 0 Å². The number of hydrogen-bond donors (Lipinski definition) is 1. The highest BCUT2D eigenvalue weighted by Gasteiger charge is 2.10. The van der Waals surface area contributed by atoms with Crippen molar-refractivity contribution >= 4 is 11.6 Å². The van der Waals surface area contributed by atoms with Gasteiger partial charge in [0, 0.05) is 11.1 Å². The molecule has 2 aromatic carbocycles. The van der Waals surface area contributed by atoms with Crippen LogP contribution in [0.15, 0.2) is 42.5 Å². The van der Waals surface area contributed by atoms with Crippen LogP contribution in [0.2, 0.25) is 5.02 Å². The standard InChI is InChI=1S/C17H20ClNO/c1-3-15(19)10-13-7-8-14(18)11-17(13)20-16-6-4-5-12(2)9-16/h4-9,11,15H,3,10,19H2,1-2H3. The molecule has 2 N–H and O–H groups in total. The zero-order valence-corrected chi connectivity index (χ0v) is 12.7. The van der Waals surface area contributed by atoms with Gasteiger partial charge in [0.25, 0.3) is 0 Å². The molecule has 0 heterocycles. The van der Waals surface area contributed by atoms with Crippen molar-refractivity contribution in [1.29, 1.82) is 0 Å². The molecule has 20 heavy (non-hydrogen) atoms. The van der Waals surface area contributed by atoms with E-state index in [1.807, 2.05) is 49.4 Å². The Morgan fingerprint density at radius 2 is 2.00 bits per heavy atom. The Morgan fingerprint density at radius 3 is 2.70 bits per heavy atom. The minimum Gasteiger partial charge on any atom is -0.457 e. The van der Waals surface area contributed by atoms with Crippen molar-refractivity contribution in [3.63, 3.8) is 0 Å². The fourth-order valence-corrected chi connectivity index (χ4v) is 2.19. The van der Waals surface area contributed by atoms with Gasteiger partial charge in [-0.1, -0.05) is 36.7 Å². The third kappa shape index (κ3) is 3.99. The molecular weight excluding hydrogens is 270 g/mol. The molecule has 0 saturated carbocycles. The first-order chi connectivity index (χ1) is 9.58. The molecule has 0 aromatic heterocycles. The lowest BCUT2D eigenvalue weighted by atomic mass is 10.0. The molecule has 2 aromatic rings. The Labute approximate surface area is 125 Å². The molecule has 2 nitrogen and oxygen atoms in total. The maximum absolute atomic E-state index is 6.07. The first kappa shape index (κ1) is 14.9. The predicted octanol–water partition coefficient (Wildman–Crippen LogP) is 4.72. The van der Waals surface area contributed by atoms with Crippen LogP contribution >= 0.6 is 11.6 Å². The van der Waals surface area contributed by atoms with Gasteiger partial charge in [-0.2, -0.15) is 0 Å². The van der Waals surface area contributed by atoms with Crippen molar-refractivity contribution in [2.24, 2.45) is 5.73 Å². The average molecular weight is 290 g/mol. The summed E-state index contributed by atoms with van der Waals surface area (Å²) in [6, 6.07) is 13.8. The van der Waals surface area contributed by atoms with E-state index >= 15 is 0 Å². The predicted molar refractivity (Wildman–Crippen MR) is 84.7 cm³/mol. The molecule has 0 amide bonds. The second kappa shape index (κ2) is 6.78. The van der Waals surface area contributed by atoms with Gasteiger partial charge in [0.15, 0.2) is 0 Å². The van der Waals surface area contributed by atoms with Gasteiger partial charge in [-0.25, -0.2) is 0 Å². The van der Waals surface area contributed by atoms with E-state index < -0.39 is 0 Å². The maximum atomic E-state index is 6.07. The van der Waals surface area contributed by atoms with Gasteiger partial charge in [-0.3, -0.25) is 0 Å². The number of benzene rings is 2. The number of halogens is 1. The Morgan fingerprint density at radius 1 is 1.20 bits per heavy atom. The van der Waals surface area contributed by atoms with Crippen LogP contribution in [0.1, 0.15) is 24.5 Å². The van der Waals surface area contributed by atoms with Gasteiger partial charge in [0.05, 0.1) is 0 Å². The summed E-state index contributed by atoms with van der Waals surface area (Å²) in [7, 11) is 0. The van der Waals surface area contributed by atoms with Crippen molar-refractivity contribution in [2.75, 3.05) is 0 Å². The van der Waals surface area contributed by atoms with E-state index in [0.29, 0.717) is 5.02 Å². The number of aryl methyl sites for hydroxylation is 1. The van der Waals surface area contributed by atoms with E-state index in [2.05, 4.69) is 6.92 Å². The highest BCUT2D eigenvalue weighted by molar-refractivity contribution is 6.30. The molecule has 0 aliphatic rings. The third-order valence-electron chi connectivity index (χ3n) is 3.25. The van der Waals surface area contributed by atoms with E-state index in [1.54, 1.807) is 0 Å². The minimum atomic E-state index is 0.135. The maximum Gasteiger partial charge on any atom is 0.132 e. The van der Waals surface area contributed by atoms with Crippen molar-refractivity contribution in [3.05, 3.63) is 58.6 Å². The van der Waals surface area contributed by atoms with Crippen LogP contribution in [0.3, 0.4) is 0 Å². The van der Waals surface area contributed by atoms with Crippen LogP contribution in [0.4, 0.5) is 0 Å². The average Bonchev–Trinajstić information content (AvgIpc) is 2.41. The molecule has 1 atom stereocenters. The summed E-state index contributed by atoms with van der Waals surface area (Å²) in [5, 5.41) is 0.668. The lowest BCUT2D eigenvalue weighted by Crippen LogP contribution is -2.21. The van der Waals surface area contributed by atoms with Crippen molar-refractivity contribution < 1.29 is 4.74 Å². The largest absolute Gasteiger partial charge is 0.457 e. The van der Waals surface area contributed by atoms with Crippen LogP contribution in [-0.4, -0.2) is 6.04 Å². The Kier molecular flexibility index (Phi) is 5.05. The SMILES string of the molecule is CCC(N)Cc1ccc(Cl)cc1Oc1cccc(C)c1. The highest BCUT2D eigenvalue weighted by Crippen LogP contribution is 2.29. The van der Waals surface area contributed by atoms with Crippen LogP contribution in [-0.2, 0) is 6.42 Å². The highest BCUT2D eigenvalue weighted by atomic mass is 35.5. The molecule has 0 radical (unpaired) electrons. The smallest absolute Gasteiger partial charge is 0.132 e. The first-order valence-corrected chi connectivity index (χ1v) is 7.25. The molecule has 0 saturated heterocycles. The second-order valence-corrected chi connectivity index (χ2v) is 5.48. The van der Waals surface area contributed by atoms with Crippen molar-refractivity contribution in [1.82, 2.24) is 0 Å². The molecule has 0 aliphatic carbocycles. The van der Waals surface area contributed by atoms with Crippen LogP contribution < -0.4 is 10.5 Å². The second-order valence-electron chi connectivity index (χ2n) is 5.04. The third-order valence-corrected chi connectivity index (χ3v) is 3.49. The van der Waals surface area contributed by atoms with Crippen LogP contribution in [0.25, 0.3) is 0 Å². The lowest BCUT2D eigenvalue weighted by molar-refractivity contribution is 0.472. The molecule has 106 valence electrons. The lowest BCUT2D eigenvalue weighted by Gasteiger charge is -2.15. The molecule has 0 aliphatic heterocycles. The fourth-order valence-electron chi connectivity index (χ4n) is 2.02. The molecule has 0 fully saturated rings. The number of nitrogens with two attached hydrogens (primary N) is 1. The minimum absolute atomic E-state index is 0.135. The normalized spacial score (nSPS) is 12.2. The molecule has 0 bridgehead atoms. The summed E-state index contributed by atoms with van der Waals surface area (Å²) in [6.45, 7) is 4.13. The van der Waals surface area contributed by atoms with E-state index in [0.717, 1.165) is 35.5 Å². The Hall–Kier alpha value is -1.51. The number of rotatable bonds is 5. The van der Waals surface area contributed by atoms with Crippen molar-refractivity contribution in [2.45, 2.75) is 32.7 Å². The zero-order chi connectivity index (χ0) is 14.5. The summed E-state index contributed by atoms with van der Waals surface area (Å²) < 4.78 is 5.98. The summed E-state index contributed by atoms with van der Waals surface area (Å²) in [5.74, 6) is 1.60. The van der Waals surface area contributed by atoms with E-state index in [4.69, 9.17) is 22.1 Å². The summed E-state index contributed by atoms with van der Waals surface area (Å²) in [4.78, 5) is 0. The Bertz CT molecular complexity index is 583. The van der Waals surface area contributed by atoms with Gasteiger partial charge < -0.3 is 10.5 Å². The fraction of sp³-hybridized carbons (Fsp3) is 0.294. The molecule has 2 rings (SSSR count). The van der Waals surface area contributed by atoms with Crippen LogP contribution in [0.5, 0.6) is 11.5 Å². The first-order valence-electron chi connectivity index (χ1n) is 6.87. The summed E-state index contributed by atoms with van der Waals surface area (Å²) in [6.07, 6.45) is 1.72. The van der Waals surface area contributed by atoms with E-state index in [-0.39, 0.29) is 6.04 Å². The van der Waals surface area contributed by atoms with Gasteiger partial charge in [-0.05, 0) is 55.2 Å². The Balaban J connectivity index is 2.27. The van der Waals surface area contributed by atoms with E-state index in [1.165, 1.54) is 0 Å². The monoisotopic (exact) mass is 289 g/mol. The molecule has 1 unspecified atom stereocenters. The summed E-state index contributed by atoms with van der Waals surface area (Å²) >= 11 is 6.07. The van der Waals surface area contributed by atoms with Gasteiger partial charge >= 0.3 is 0 Å². The summed E-state index contributed by atoms with van der Waals surface area (Å²) in [5.41, 5.74) is 8.29. The van der Waals surface area contributed by atoms with Gasteiger partial charge in [0.1, 0.15) is 11.5 Å². The molecule has 3 heteroatoms. The molecular formula is C17H20ClNO.